The number of hydrogen-bond donors (Lipinski definition) is 0. The van der Waals surface area contributed by atoms with E-state index in [9.17, 15) is 0 Å². The molecule has 0 aromatic heterocycles. The van der Waals surface area contributed by atoms with Crippen molar-refractivity contribution in [3.63, 3.8) is 0 Å². The van der Waals surface area contributed by atoms with Crippen LogP contribution in [0.25, 0.3) is 22.3 Å². The first-order valence-electron chi connectivity index (χ1n) is 30.0. The highest BCUT2D eigenvalue weighted by atomic mass is 15.3. The highest BCUT2D eigenvalue weighted by molar-refractivity contribution is 7.00. The third-order valence-corrected chi connectivity index (χ3v) is 19.4. The minimum atomic E-state index is -0.187. The van der Waals surface area contributed by atoms with Crippen LogP contribution in [0.1, 0.15) is 177 Å². The predicted molar refractivity (Wildman–Crippen MR) is 348 cm³/mol. The summed E-state index contributed by atoms with van der Waals surface area (Å²) in [4.78, 5) is 8.26. The first-order chi connectivity index (χ1) is 37.6. The standard InChI is InChI=1S/C76H86BN3/c1-70(2,3)51-31-36-62(57(42-51)49-26-20-18-21-27-49)78-65-39-34-54(73(10,11)12)45-61(65)77-60-35-30-55(74(13,14)15)46-66(60)79(63-37-32-52(71(4,5)6)43-58(63)50-28-22-19-23-29-50)68-48-56(47-67(78)69(68)77)80-64-38-33-53(72(7,8)9)44-59(64)75(16)40-24-25-41-76(75,80)17/h18-23,26-39,42-48H,24-25,40-41H2,1-17H3. The second-order valence-electron chi connectivity index (χ2n) is 29.9. The van der Waals surface area contributed by atoms with E-state index in [2.05, 4.69) is 296 Å². The molecule has 80 heavy (non-hydrogen) atoms. The van der Waals surface area contributed by atoms with Gasteiger partial charge in [-0.2, -0.15) is 0 Å². The summed E-state index contributed by atoms with van der Waals surface area (Å²) in [6, 6.07) is 64.9. The van der Waals surface area contributed by atoms with E-state index in [1.807, 2.05) is 0 Å². The monoisotopic (exact) mass is 1050 g/mol. The van der Waals surface area contributed by atoms with Gasteiger partial charge in [0.25, 0.3) is 6.71 Å². The van der Waals surface area contributed by atoms with Gasteiger partial charge in [-0.1, -0.05) is 233 Å². The van der Waals surface area contributed by atoms with E-state index in [1.165, 1.54) is 130 Å². The van der Waals surface area contributed by atoms with Gasteiger partial charge in [0.2, 0.25) is 0 Å². The quantitative estimate of drug-likeness (QED) is 0.159. The topological polar surface area (TPSA) is 9.72 Å². The minimum absolute atomic E-state index is 0.0213. The number of hydrogen-bond acceptors (Lipinski definition) is 3. The van der Waals surface area contributed by atoms with Gasteiger partial charge in [-0.15, -0.1) is 0 Å². The molecule has 408 valence electrons. The van der Waals surface area contributed by atoms with Crippen LogP contribution in [0.2, 0.25) is 0 Å². The number of rotatable bonds is 5. The van der Waals surface area contributed by atoms with Gasteiger partial charge in [-0.25, -0.2) is 0 Å². The van der Waals surface area contributed by atoms with E-state index in [0.29, 0.717) is 0 Å². The van der Waals surface area contributed by atoms with Gasteiger partial charge in [-0.05, 0) is 162 Å². The van der Waals surface area contributed by atoms with Crippen LogP contribution in [0.4, 0.5) is 45.5 Å². The predicted octanol–water partition coefficient (Wildman–Crippen LogP) is 19.3. The number of nitrogens with zero attached hydrogens (tertiary/aromatic N) is 3. The van der Waals surface area contributed by atoms with Crippen LogP contribution >= 0.6 is 0 Å². The SMILES string of the molecule is CC(C)(C)c1ccc2c(c1)B1c3ccc(C(C)(C)C)cc3N(c3ccc(C(C)(C)C)cc3-c3ccccc3)c3cc(N4c5ccc(C(C)(C)C)cc5C5(C)CCCCC45C)cc(c31)N2c1ccc(C(C)(C)C)cc1-c1ccccc1. The van der Waals surface area contributed by atoms with E-state index in [1.54, 1.807) is 0 Å². The Morgan fingerprint density at radius 3 is 1.27 bits per heavy atom. The highest BCUT2D eigenvalue weighted by Gasteiger charge is 2.58. The lowest BCUT2D eigenvalue weighted by molar-refractivity contribution is 0.195. The van der Waals surface area contributed by atoms with Crippen LogP contribution < -0.4 is 31.1 Å². The Morgan fingerprint density at radius 2 is 0.775 bits per heavy atom. The van der Waals surface area contributed by atoms with Gasteiger partial charge in [0.15, 0.2) is 0 Å². The van der Waals surface area contributed by atoms with Gasteiger partial charge in [0, 0.05) is 50.7 Å². The molecule has 3 aliphatic heterocycles. The van der Waals surface area contributed by atoms with E-state index in [0.717, 1.165) is 12.8 Å². The van der Waals surface area contributed by atoms with E-state index >= 15 is 0 Å². The van der Waals surface area contributed by atoms with Gasteiger partial charge in [0.05, 0.1) is 16.9 Å². The van der Waals surface area contributed by atoms with Crippen molar-refractivity contribution in [3.05, 3.63) is 197 Å². The lowest BCUT2D eigenvalue weighted by atomic mass is 9.33. The summed E-state index contributed by atoms with van der Waals surface area (Å²) in [5, 5.41) is 0. The molecule has 2 atom stereocenters. The first-order valence-corrected chi connectivity index (χ1v) is 30.0. The van der Waals surface area contributed by atoms with Gasteiger partial charge in [-0.3, -0.25) is 0 Å². The molecule has 1 fully saturated rings. The lowest BCUT2D eigenvalue weighted by Gasteiger charge is -2.51. The van der Waals surface area contributed by atoms with Crippen LogP contribution in [0.5, 0.6) is 0 Å². The fraction of sp³-hybridized carbons (Fsp3) is 0.368. The minimum Gasteiger partial charge on any atom is -0.334 e. The third kappa shape index (κ3) is 8.59. The van der Waals surface area contributed by atoms with E-state index in [4.69, 9.17) is 0 Å². The molecule has 3 nitrogen and oxygen atoms in total. The van der Waals surface area contributed by atoms with Crippen molar-refractivity contribution in [2.45, 2.75) is 181 Å². The molecule has 1 saturated carbocycles. The van der Waals surface area contributed by atoms with Crippen LogP contribution in [0.15, 0.2) is 164 Å². The molecule has 0 radical (unpaired) electrons. The van der Waals surface area contributed by atoms with Crippen molar-refractivity contribution in [3.8, 4) is 22.3 Å². The van der Waals surface area contributed by atoms with Crippen molar-refractivity contribution < 1.29 is 0 Å². The third-order valence-electron chi connectivity index (χ3n) is 19.4. The zero-order valence-corrected chi connectivity index (χ0v) is 51.3. The zero-order chi connectivity index (χ0) is 56.9. The average molecular weight is 1050 g/mol. The molecule has 0 saturated heterocycles. The normalized spacial score (nSPS) is 18.9. The molecule has 0 spiro atoms. The van der Waals surface area contributed by atoms with E-state index < -0.39 is 0 Å². The summed E-state index contributed by atoms with van der Waals surface area (Å²) in [5.74, 6) is 0. The summed E-state index contributed by atoms with van der Waals surface area (Å²) >= 11 is 0. The van der Waals surface area contributed by atoms with Crippen molar-refractivity contribution in [2.24, 2.45) is 0 Å². The smallest absolute Gasteiger partial charge is 0.252 e. The highest BCUT2D eigenvalue weighted by Crippen LogP contribution is 2.62. The number of fused-ring (bicyclic) bond motifs is 7. The molecule has 8 aromatic carbocycles. The van der Waals surface area contributed by atoms with Crippen LogP contribution in [-0.2, 0) is 32.5 Å². The maximum atomic E-state index is 2.84. The van der Waals surface area contributed by atoms with Gasteiger partial charge in [0.1, 0.15) is 0 Å². The fourth-order valence-electron chi connectivity index (χ4n) is 14.3. The zero-order valence-electron chi connectivity index (χ0n) is 51.3. The average Bonchev–Trinajstić information content (AvgIpc) is 3.02. The molecule has 2 unspecified atom stereocenters. The second-order valence-corrected chi connectivity index (χ2v) is 29.9. The summed E-state index contributed by atoms with van der Waals surface area (Å²) in [5.41, 5.74) is 26.6. The lowest BCUT2D eigenvalue weighted by Crippen LogP contribution is -2.62. The fourth-order valence-corrected chi connectivity index (χ4v) is 14.3. The first kappa shape index (κ1) is 53.8. The molecule has 1 aliphatic carbocycles. The molecule has 0 N–H and O–H groups in total. The Hall–Kier alpha value is -6.78. The van der Waals surface area contributed by atoms with Gasteiger partial charge >= 0.3 is 0 Å². The van der Waals surface area contributed by atoms with Crippen LogP contribution in [0, 0.1) is 0 Å². The molecule has 4 aliphatic rings. The van der Waals surface area contributed by atoms with Crippen LogP contribution in [0.3, 0.4) is 0 Å². The molecular formula is C76H86BN3. The summed E-state index contributed by atoms with van der Waals surface area (Å²) in [6.07, 6.45) is 4.71. The summed E-state index contributed by atoms with van der Waals surface area (Å²) in [6.45, 7) is 40.6. The molecule has 3 heterocycles. The second kappa shape index (κ2) is 18.4. The number of anilines is 8. The Kier molecular flexibility index (Phi) is 12.4. The van der Waals surface area contributed by atoms with Crippen molar-refractivity contribution in [1.29, 1.82) is 0 Å². The van der Waals surface area contributed by atoms with Crippen LogP contribution in [-0.4, -0.2) is 12.3 Å². The molecule has 12 rings (SSSR count). The van der Waals surface area contributed by atoms with Gasteiger partial charge < -0.3 is 14.7 Å². The maximum Gasteiger partial charge on any atom is 0.252 e. The summed E-state index contributed by atoms with van der Waals surface area (Å²) in [7, 11) is 0. The Morgan fingerprint density at radius 1 is 0.362 bits per heavy atom. The van der Waals surface area contributed by atoms with Crippen molar-refractivity contribution in [1.82, 2.24) is 0 Å². The largest absolute Gasteiger partial charge is 0.334 e. The Labute approximate surface area is 481 Å². The summed E-state index contributed by atoms with van der Waals surface area (Å²) < 4.78 is 0. The molecule has 0 bridgehead atoms. The van der Waals surface area contributed by atoms with Crippen molar-refractivity contribution >= 4 is 68.6 Å². The maximum absolute atomic E-state index is 2.84. The Balaban J connectivity index is 1.27. The molecule has 0 amide bonds. The van der Waals surface area contributed by atoms with E-state index in [-0.39, 0.29) is 44.7 Å². The number of benzene rings is 8. The Bertz CT molecular complexity index is 3740. The molecule has 8 aromatic rings. The van der Waals surface area contributed by atoms with Crippen molar-refractivity contribution in [2.75, 3.05) is 14.7 Å². The molecular weight excluding hydrogens is 966 g/mol. The molecule has 4 heteroatoms.